The van der Waals surface area contributed by atoms with E-state index in [2.05, 4.69) is 30.4 Å². The maximum Gasteiger partial charge on any atom is 0.256 e. The van der Waals surface area contributed by atoms with E-state index in [1.807, 2.05) is 38.1 Å². The number of nitrogens with one attached hydrogen (secondary N) is 1. The molecule has 2 heterocycles. The summed E-state index contributed by atoms with van der Waals surface area (Å²) in [4.78, 5) is 19.5. The average molecular weight is 433 g/mol. The average Bonchev–Trinajstić information content (AvgIpc) is 3.29. The Bertz CT molecular complexity index is 1230. The van der Waals surface area contributed by atoms with Gasteiger partial charge in [0.05, 0.1) is 10.2 Å². The number of carbonyl (C=O) groups is 1. The van der Waals surface area contributed by atoms with Gasteiger partial charge in [-0.3, -0.25) is 4.79 Å². The summed E-state index contributed by atoms with van der Waals surface area (Å²) in [6.07, 6.45) is 3.32. The van der Waals surface area contributed by atoms with Gasteiger partial charge < -0.3 is 5.32 Å². The van der Waals surface area contributed by atoms with Gasteiger partial charge in [0.15, 0.2) is 0 Å². The van der Waals surface area contributed by atoms with Crippen molar-refractivity contribution in [1.82, 2.24) is 4.98 Å². The Morgan fingerprint density at radius 2 is 1.97 bits per heavy atom. The fraction of sp³-hybridized carbons (Fsp3) is 0.280. The summed E-state index contributed by atoms with van der Waals surface area (Å²) in [5.74, 6) is 0.646. The van der Waals surface area contributed by atoms with E-state index >= 15 is 0 Å². The summed E-state index contributed by atoms with van der Waals surface area (Å²) in [7, 11) is 0. The third-order valence-electron chi connectivity index (χ3n) is 5.88. The minimum Gasteiger partial charge on any atom is -0.313 e. The topological polar surface area (TPSA) is 42.0 Å². The smallest absolute Gasteiger partial charge is 0.256 e. The number of thiophene rings is 1. The first-order chi connectivity index (χ1) is 14.5. The number of carbonyl (C=O) groups excluding carboxylic acids is 1. The van der Waals surface area contributed by atoms with Gasteiger partial charge in [0.25, 0.3) is 5.91 Å². The Hall–Kier alpha value is -2.50. The van der Waals surface area contributed by atoms with Crippen LogP contribution in [0.5, 0.6) is 0 Å². The number of fused-ring (bicyclic) bond motifs is 2. The number of hydrogen-bond acceptors (Lipinski definition) is 4. The number of aryl methyl sites for hydroxylation is 2. The van der Waals surface area contributed by atoms with E-state index in [9.17, 15) is 4.79 Å². The molecule has 1 atom stereocenters. The fourth-order valence-electron chi connectivity index (χ4n) is 4.20. The highest BCUT2D eigenvalue weighted by atomic mass is 32.1. The molecule has 1 aliphatic carbocycles. The second-order valence-electron chi connectivity index (χ2n) is 8.32. The number of thiazole rings is 1. The van der Waals surface area contributed by atoms with Crippen molar-refractivity contribution >= 4 is 43.8 Å². The lowest BCUT2D eigenvalue weighted by atomic mass is 9.88. The third kappa shape index (κ3) is 3.46. The van der Waals surface area contributed by atoms with Gasteiger partial charge in [0, 0.05) is 16.0 Å². The molecule has 1 N–H and O–H groups in total. The standard InChI is InChI=1S/C25H24N2OS2/c1-14-8-10-16(3)18(12-14)23(28)27-25-22(17-11-9-15(2)13-21(17)30-25)24-26-19-6-4-5-7-20(19)29-24/h4-8,10,12,15H,9,11,13H2,1-3H3,(H,27,28). The molecule has 0 aliphatic heterocycles. The molecule has 0 fully saturated rings. The monoisotopic (exact) mass is 432 g/mol. The zero-order valence-corrected chi connectivity index (χ0v) is 19.0. The van der Waals surface area contributed by atoms with E-state index in [-0.39, 0.29) is 5.91 Å². The number of nitrogens with zero attached hydrogens (tertiary/aromatic N) is 1. The first-order valence-electron chi connectivity index (χ1n) is 10.4. The van der Waals surface area contributed by atoms with Crippen molar-refractivity contribution in [2.24, 2.45) is 5.92 Å². The predicted molar refractivity (Wildman–Crippen MR) is 128 cm³/mol. The van der Waals surface area contributed by atoms with Crippen molar-refractivity contribution < 1.29 is 4.79 Å². The molecule has 4 aromatic rings. The molecule has 3 nitrogen and oxygen atoms in total. The second kappa shape index (κ2) is 7.64. The summed E-state index contributed by atoms with van der Waals surface area (Å²) in [5.41, 5.74) is 6.37. The molecule has 0 spiro atoms. The van der Waals surface area contributed by atoms with Gasteiger partial charge >= 0.3 is 0 Å². The highest BCUT2D eigenvalue weighted by Gasteiger charge is 2.27. The molecule has 0 bridgehead atoms. The molecule has 152 valence electrons. The Morgan fingerprint density at radius 3 is 2.80 bits per heavy atom. The maximum absolute atomic E-state index is 13.2. The maximum atomic E-state index is 13.2. The summed E-state index contributed by atoms with van der Waals surface area (Å²) >= 11 is 3.45. The summed E-state index contributed by atoms with van der Waals surface area (Å²) in [5, 5.41) is 5.21. The fourth-order valence-corrected chi connectivity index (χ4v) is 6.71. The van der Waals surface area contributed by atoms with E-state index in [1.165, 1.54) is 21.6 Å². The SMILES string of the molecule is Cc1ccc(C)c(C(=O)Nc2sc3c(c2-c2nc4ccccc4s2)CCC(C)C3)c1. The molecule has 2 aromatic carbocycles. The van der Waals surface area contributed by atoms with Crippen molar-refractivity contribution in [3.05, 3.63) is 69.6 Å². The summed E-state index contributed by atoms with van der Waals surface area (Å²) in [6.45, 7) is 6.33. The van der Waals surface area contributed by atoms with Gasteiger partial charge in [-0.25, -0.2) is 4.98 Å². The number of anilines is 1. The van der Waals surface area contributed by atoms with Crippen molar-refractivity contribution in [2.75, 3.05) is 5.32 Å². The molecule has 0 radical (unpaired) electrons. The van der Waals surface area contributed by atoms with Gasteiger partial charge in [0.1, 0.15) is 10.0 Å². The van der Waals surface area contributed by atoms with Gasteiger partial charge in [-0.1, -0.05) is 36.8 Å². The van der Waals surface area contributed by atoms with Gasteiger partial charge in [-0.15, -0.1) is 22.7 Å². The molecule has 5 rings (SSSR count). The lowest BCUT2D eigenvalue weighted by Crippen LogP contribution is -2.13. The van der Waals surface area contributed by atoms with Crippen LogP contribution in [0.25, 0.3) is 20.8 Å². The Kier molecular flexibility index (Phi) is 4.95. The Balaban J connectivity index is 1.61. The van der Waals surface area contributed by atoms with Crippen LogP contribution in [0.1, 0.15) is 45.3 Å². The van der Waals surface area contributed by atoms with Crippen LogP contribution in [0.3, 0.4) is 0 Å². The van der Waals surface area contributed by atoms with Crippen LogP contribution in [0.4, 0.5) is 5.00 Å². The number of benzene rings is 2. The summed E-state index contributed by atoms with van der Waals surface area (Å²) in [6, 6.07) is 14.3. The lowest BCUT2D eigenvalue weighted by Gasteiger charge is -2.18. The second-order valence-corrected chi connectivity index (χ2v) is 10.5. The first-order valence-corrected chi connectivity index (χ1v) is 12.0. The highest BCUT2D eigenvalue weighted by Crippen LogP contribution is 2.47. The van der Waals surface area contributed by atoms with Crippen molar-refractivity contribution in [2.45, 2.75) is 40.0 Å². The molecular weight excluding hydrogens is 408 g/mol. The van der Waals surface area contributed by atoms with Crippen LogP contribution in [-0.2, 0) is 12.8 Å². The van der Waals surface area contributed by atoms with Crippen LogP contribution in [0, 0.1) is 19.8 Å². The van der Waals surface area contributed by atoms with Gasteiger partial charge in [-0.05, 0) is 68.4 Å². The minimum absolute atomic E-state index is 0.0368. The molecule has 30 heavy (non-hydrogen) atoms. The van der Waals surface area contributed by atoms with E-state index in [0.717, 1.165) is 50.6 Å². The van der Waals surface area contributed by atoms with Crippen LogP contribution in [0.15, 0.2) is 42.5 Å². The predicted octanol–water partition coefficient (Wildman–Crippen LogP) is 7.02. The van der Waals surface area contributed by atoms with Crippen molar-refractivity contribution in [1.29, 1.82) is 0 Å². The molecule has 2 aromatic heterocycles. The largest absolute Gasteiger partial charge is 0.313 e. The zero-order chi connectivity index (χ0) is 20.8. The number of amides is 1. The molecule has 1 aliphatic rings. The first kappa shape index (κ1) is 19.5. The van der Waals surface area contributed by atoms with Crippen molar-refractivity contribution in [3.8, 4) is 10.6 Å². The van der Waals surface area contributed by atoms with Gasteiger partial charge in [-0.2, -0.15) is 0 Å². The molecular formula is C25H24N2OS2. The number of hydrogen-bond donors (Lipinski definition) is 1. The van der Waals surface area contributed by atoms with E-state index in [1.54, 1.807) is 22.7 Å². The third-order valence-corrected chi connectivity index (χ3v) is 8.11. The molecule has 1 unspecified atom stereocenters. The van der Waals surface area contributed by atoms with Crippen LogP contribution in [-0.4, -0.2) is 10.9 Å². The Labute approximate surface area is 184 Å². The Morgan fingerprint density at radius 1 is 1.13 bits per heavy atom. The number of aromatic nitrogens is 1. The van der Waals surface area contributed by atoms with Crippen LogP contribution in [0.2, 0.25) is 0 Å². The van der Waals surface area contributed by atoms with Crippen LogP contribution >= 0.6 is 22.7 Å². The van der Waals surface area contributed by atoms with E-state index < -0.39 is 0 Å². The molecule has 5 heteroatoms. The zero-order valence-electron chi connectivity index (χ0n) is 17.4. The highest BCUT2D eigenvalue weighted by molar-refractivity contribution is 7.23. The lowest BCUT2D eigenvalue weighted by molar-refractivity contribution is 0.102. The van der Waals surface area contributed by atoms with Gasteiger partial charge in [0.2, 0.25) is 0 Å². The molecule has 0 saturated heterocycles. The molecule has 0 saturated carbocycles. The summed E-state index contributed by atoms with van der Waals surface area (Å²) < 4.78 is 1.18. The number of para-hydroxylation sites is 1. The normalized spacial score (nSPS) is 15.9. The van der Waals surface area contributed by atoms with E-state index in [4.69, 9.17) is 4.98 Å². The minimum atomic E-state index is -0.0368. The van der Waals surface area contributed by atoms with Crippen molar-refractivity contribution in [3.63, 3.8) is 0 Å². The number of rotatable bonds is 3. The quantitative estimate of drug-likeness (QED) is 0.378. The van der Waals surface area contributed by atoms with E-state index in [0.29, 0.717) is 5.92 Å². The molecule has 1 amide bonds. The van der Waals surface area contributed by atoms with Crippen LogP contribution < -0.4 is 5.32 Å².